The minimum Gasteiger partial charge on any atom is -0.495 e. The van der Waals surface area contributed by atoms with Crippen LogP contribution in [0.3, 0.4) is 0 Å². The molecule has 1 amide bonds. The van der Waals surface area contributed by atoms with Gasteiger partial charge in [0.1, 0.15) is 5.75 Å². The molecule has 0 aromatic heterocycles. The van der Waals surface area contributed by atoms with Crippen LogP contribution in [0.4, 0.5) is 5.69 Å². The van der Waals surface area contributed by atoms with Gasteiger partial charge in [-0.3, -0.25) is 4.79 Å². The predicted molar refractivity (Wildman–Crippen MR) is 121 cm³/mol. The molecule has 0 radical (unpaired) electrons. The molecule has 0 unspecified atom stereocenters. The van der Waals surface area contributed by atoms with Gasteiger partial charge in [0.2, 0.25) is 10.0 Å². The first-order valence-electron chi connectivity index (χ1n) is 10.1. The van der Waals surface area contributed by atoms with Crippen molar-refractivity contribution >= 4 is 21.6 Å². The van der Waals surface area contributed by atoms with Gasteiger partial charge in [-0.2, -0.15) is 4.31 Å². The van der Waals surface area contributed by atoms with Crippen LogP contribution < -0.4 is 10.1 Å². The predicted octanol–water partition coefficient (Wildman–Crippen LogP) is 4.40. The van der Waals surface area contributed by atoms with Crippen LogP contribution in [0.15, 0.2) is 77.7 Å². The Morgan fingerprint density at radius 2 is 1.55 bits per heavy atom. The average Bonchev–Trinajstić information content (AvgIpc) is 3.36. The van der Waals surface area contributed by atoms with Crippen molar-refractivity contribution in [3.05, 3.63) is 78.4 Å². The molecule has 31 heavy (non-hydrogen) atoms. The Bertz CT molecular complexity index is 1170. The maximum absolute atomic E-state index is 12.9. The largest absolute Gasteiger partial charge is 0.495 e. The molecule has 6 nitrogen and oxygen atoms in total. The summed E-state index contributed by atoms with van der Waals surface area (Å²) in [5, 5.41) is 2.79. The minimum atomic E-state index is -3.60. The number of hydrogen-bond acceptors (Lipinski definition) is 4. The third-order valence-corrected chi connectivity index (χ3v) is 7.27. The lowest BCUT2D eigenvalue weighted by Gasteiger charge is -2.17. The third kappa shape index (κ3) is 4.47. The maximum Gasteiger partial charge on any atom is 0.255 e. The van der Waals surface area contributed by atoms with Gasteiger partial charge in [0, 0.05) is 18.7 Å². The average molecular weight is 437 g/mol. The van der Waals surface area contributed by atoms with Crippen LogP contribution in [0.25, 0.3) is 11.1 Å². The lowest BCUT2D eigenvalue weighted by Crippen LogP contribution is -2.28. The molecule has 1 N–H and O–H groups in total. The highest BCUT2D eigenvalue weighted by Crippen LogP contribution is 2.30. The van der Waals surface area contributed by atoms with Gasteiger partial charge < -0.3 is 10.1 Å². The fraction of sp³-hybridized carbons (Fsp3) is 0.208. The first kappa shape index (κ1) is 21.1. The van der Waals surface area contributed by atoms with Gasteiger partial charge in [-0.1, -0.05) is 42.5 Å². The Morgan fingerprint density at radius 3 is 2.19 bits per heavy atom. The number of benzene rings is 3. The molecule has 1 aliphatic rings. The van der Waals surface area contributed by atoms with Crippen molar-refractivity contribution in [2.45, 2.75) is 17.7 Å². The fourth-order valence-corrected chi connectivity index (χ4v) is 5.21. The van der Waals surface area contributed by atoms with Gasteiger partial charge in [0.05, 0.1) is 17.7 Å². The summed E-state index contributed by atoms with van der Waals surface area (Å²) in [6.45, 7) is 1.04. The second-order valence-electron chi connectivity index (χ2n) is 7.37. The van der Waals surface area contributed by atoms with Crippen molar-refractivity contribution in [2.75, 3.05) is 25.5 Å². The van der Waals surface area contributed by atoms with Gasteiger partial charge in [0.15, 0.2) is 0 Å². The van der Waals surface area contributed by atoms with E-state index < -0.39 is 10.0 Å². The standard InChI is InChI=1S/C24H24N2O4S/c1-30-23-14-13-21(31(28,29)26-15-5-6-16-26)17-22(23)25-24(27)20-11-9-19(10-12-20)18-7-3-2-4-8-18/h2-4,7-14,17H,5-6,15-16H2,1H3,(H,25,27). The molecule has 0 saturated carbocycles. The number of methoxy groups -OCH3 is 1. The molecule has 160 valence electrons. The number of anilines is 1. The minimum absolute atomic E-state index is 0.143. The van der Waals surface area contributed by atoms with E-state index >= 15 is 0 Å². The Balaban J connectivity index is 1.57. The highest BCUT2D eigenvalue weighted by Gasteiger charge is 2.28. The van der Waals surface area contributed by atoms with Crippen molar-refractivity contribution < 1.29 is 17.9 Å². The van der Waals surface area contributed by atoms with Crippen LogP contribution in [0.2, 0.25) is 0 Å². The van der Waals surface area contributed by atoms with Crippen LogP contribution >= 0.6 is 0 Å². The van der Waals surface area contributed by atoms with E-state index in [-0.39, 0.29) is 10.8 Å². The first-order chi connectivity index (χ1) is 15.0. The summed E-state index contributed by atoms with van der Waals surface area (Å²) in [5.41, 5.74) is 2.86. The molecule has 0 atom stereocenters. The number of carbonyl (C=O) groups excluding carboxylic acids is 1. The Hall–Kier alpha value is -3.16. The summed E-state index contributed by atoms with van der Waals surface area (Å²) in [5.74, 6) is 0.0586. The van der Waals surface area contributed by atoms with Crippen LogP contribution in [0, 0.1) is 0 Å². The topological polar surface area (TPSA) is 75.7 Å². The van der Waals surface area contributed by atoms with Crippen molar-refractivity contribution in [1.29, 1.82) is 0 Å². The number of sulfonamides is 1. The van der Waals surface area contributed by atoms with E-state index in [0.717, 1.165) is 24.0 Å². The van der Waals surface area contributed by atoms with Crippen molar-refractivity contribution in [3.63, 3.8) is 0 Å². The summed E-state index contributed by atoms with van der Waals surface area (Å²) in [6, 6.07) is 21.7. The molecule has 1 saturated heterocycles. The Labute approximate surface area is 182 Å². The second-order valence-corrected chi connectivity index (χ2v) is 9.31. The molecule has 3 aromatic rings. The molecule has 0 bridgehead atoms. The maximum atomic E-state index is 12.9. The number of ether oxygens (including phenoxy) is 1. The number of hydrogen-bond donors (Lipinski definition) is 1. The smallest absolute Gasteiger partial charge is 0.255 e. The quantitative estimate of drug-likeness (QED) is 0.621. The van der Waals surface area contributed by atoms with Crippen molar-refractivity contribution in [3.8, 4) is 16.9 Å². The summed E-state index contributed by atoms with van der Waals surface area (Å²) in [4.78, 5) is 13.0. The molecular weight excluding hydrogens is 412 g/mol. The Kier molecular flexibility index (Phi) is 6.06. The lowest BCUT2D eigenvalue weighted by molar-refractivity contribution is 0.102. The monoisotopic (exact) mass is 436 g/mol. The molecule has 7 heteroatoms. The third-order valence-electron chi connectivity index (χ3n) is 5.38. The Morgan fingerprint density at radius 1 is 0.903 bits per heavy atom. The highest BCUT2D eigenvalue weighted by atomic mass is 32.2. The molecule has 4 rings (SSSR count). The molecular formula is C24H24N2O4S. The molecule has 3 aromatic carbocycles. The van der Waals surface area contributed by atoms with E-state index in [1.807, 2.05) is 42.5 Å². The normalized spacial score (nSPS) is 14.4. The summed E-state index contributed by atoms with van der Waals surface area (Å²) >= 11 is 0. The SMILES string of the molecule is COc1ccc(S(=O)(=O)N2CCCC2)cc1NC(=O)c1ccc(-c2ccccc2)cc1. The summed E-state index contributed by atoms with van der Waals surface area (Å²) in [7, 11) is -2.12. The van der Waals surface area contributed by atoms with E-state index in [4.69, 9.17) is 4.74 Å². The van der Waals surface area contributed by atoms with Crippen LogP contribution in [0.5, 0.6) is 5.75 Å². The van der Waals surface area contributed by atoms with Gasteiger partial charge >= 0.3 is 0 Å². The van der Waals surface area contributed by atoms with E-state index in [9.17, 15) is 13.2 Å². The van der Waals surface area contributed by atoms with E-state index in [1.165, 1.54) is 23.5 Å². The summed E-state index contributed by atoms with van der Waals surface area (Å²) in [6.07, 6.45) is 1.72. The van der Waals surface area contributed by atoms with Crippen LogP contribution in [-0.2, 0) is 10.0 Å². The first-order valence-corrected chi connectivity index (χ1v) is 11.6. The number of nitrogens with one attached hydrogen (secondary N) is 1. The summed E-state index contributed by atoms with van der Waals surface area (Å²) < 4.78 is 32.6. The zero-order chi connectivity index (χ0) is 21.8. The van der Waals surface area contributed by atoms with Crippen LogP contribution in [-0.4, -0.2) is 38.8 Å². The van der Waals surface area contributed by atoms with Gasteiger partial charge in [-0.15, -0.1) is 0 Å². The highest BCUT2D eigenvalue weighted by molar-refractivity contribution is 7.89. The van der Waals surface area contributed by atoms with E-state index in [2.05, 4.69) is 5.32 Å². The molecule has 0 aliphatic carbocycles. The second kappa shape index (κ2) is 8.91. The number of carbonyl (C=O) groups is 1. The molecule has 1 aliphatic heterocycles. The van der Waals surface area contributed by atoms with Crippen LogP contribution in [0.1, 0.15) is 23.2 Å². The van der Waals surface area contributed by atoms with Crippen molar-refractivity contribution in [1.82, 2.24) is 4.31 Å². The number of amides is 1. The fourth-order valence-electron chi connectivity index (χ4n) is 3.66. The van der Waals surface area contributed by atoms with Crippen molar-refractivity contribution in [2.24, 2.45) is 0 Å². The molecule has 1 fully saturated rings. The zero-order valence-electron chi connectivity index (χ0n) is 17.2. The number of rotatable bonds is 6. The van der Waals surface area contributed by atoms with E-state index in [1.54, 1.807) is 18.2 Å². The number of nitrogens with zero attached hydrogens (tertiary/aromatic N) is 1. The van der Waals surface area contributed by atoms with Gasteiger partial charge in [-0.05, 0) is 54.3 Å². The lowest BCUT2D eigenvalue weighted by atomic mass is 10.0. The van der Waals surface area contributed by atoms with Gasteiger partial charge in [-0.25, -0.2) is 8.42 Å². The molecule has 0 spiro atoms. The van der Waals surface area contributed by atoms with E-state index in [0.29, 0.717) is 30.1 Å². The molecule has 1 heterocycles. The zero-order valence-corrected chi connectivity index (χ0v) is 18.1. The van der Waals surface area contributed by atoms with Gasteiger partial charge in [0.25, 0.3) is 5.91 Å².